The lowest BCUT2D eigenvalue weighted by atomic mass is 9.77. The number of hydrogen-bond donors (Lipinski definition) is 0. The average molecular weight is 408 g/mol. The van der Waals surface area contributed by atoms with Gasteiger partial charge in [-0.3, -0.25) is 9.48 Å². The van der Waals surface area contributed by atoms with E-state index in [4.69, 9.17) is 9.84 Å². The molecule has 2 aromatic rings. The molecule has 2 unspecified atom stereocenters. The van der Waals surface area contributed by atoms with Gasteiger partial charge in [0.2, 0.25) is 5.91 Å². The van der Waals surface area contributed by atoms with Crippen LogP contribution in [0.5, 0.6) is 5.75 Å². The fourth-order valence-electron chi connectivity index (χ4n) is 3.87. The molecular weight excluding hydrogens is 382 g/mol. The number of aromatic nitrogens is 2. The van der Waals surface area contributed by atoms with E-state index in [0.29, 0.717) is 24.3 Å². The molecule has 1 heterocycles. The normalized spacial score (nSPS) is 23.6. The van der Waals surface area contributed by atoms with Crippen LogP contribution >= 0.6 is 15.9 Å². The first kappa shape index (κ1) is 18.2. The third-order valence-corrected chi connectivity index (χ3v) is 5.95. The zero-order valence-electron chi connectivity index (χ0n) is 15.3. The molecule has 1 aliphatic carbocycles. The molecule has 0 spiro atoms. The molecule has 1 aliphatic rings. The molecule has 0 saturated heterocycles. The maximum absolute atomic E-state index is 12.0. The number of carbonyl (C=O) groups excluding carboxylic acids is 1. The van der Waals surface area contributed by atoms with E-state index in [1.54, 1.807) is 12.0 Å². The molecule has 0 bridgehead atoms. The first-order valence-electron chi connectivity index (χ1n) is 8.81. The second-order valence-corrected chi connectivity index (χ2v) is 8.23. The summed E-state index contributed by atoms with van der Waals surface area (Å²) in [4.78, 5) is 13.7. The molecule has 3 rings (SSSR count). The van der Waals surface area contributed by atoms with Crippen LogP contribution in [0.4, 0.5) is 0 Å². The quantitative estimate of drug-likeness (QED) is 0.760. The Morgan fingerprint density at radius 2 is 2.16 bits per heavy atom. The summed E-state index contributed by atoms with van der Waals surface area (Å²) < 4.78 is 8.43. The van der Waals surface area contributed by atoms with Gasteiger partial charge in [0.05, 0.1) is 23.1 Å². The highest BCUT2D eigenvalue weighted by molar-refractivity contribution is 9.10. The summed E-state index contributed by atoms with van der Waals surface area (Å²) in [5.74, 6) is 2.03. The Bertz CT molecular complexity index is 771. The van der Waals surface area contributed by atoms with Crippen molar-refractivity contribution in [2.24, 2.45) is 11.8 Å². The van der Waals surface area contributed by atoms with Crippen LogP contribution in [0.3, 0.4) is 0 Å². The monoisotopic (exact) mass is 407 g/mol. The molecule has 0 N–H and O–H groups in total. The zero-order valence-corrected chi connectivity index (χ0v) is 16.9. The van der Waals surface area contributed by atoms with E-state index >= 15 is 0 Å². The predicted molar refractivity (Wildman–Crippen MR) is 103 cm³/mol. The predicted octanol–water partition coefficient (Wildman–Crippen LogP) is 4.26. The second-order valence-electron chi connectivity index (χ2n) is 7.37. The highest BCUT2D eigenvalue weighted by Gasteiger charge is 2.30. The molecule has 6 heteroatoms. The number of fused-ring (bicyclic) bond motifs is 1. The van der Waals surface area contributed by atoms with E-state index in [1.807, 2.05) is 20.2 Å². The van der Waals surface area contributed by atoms with Crippen molar-refractivity contribution in [3.63, 3.8) is 0 Å². The molecule has 0 radical (unpaired) electrons. The lowest BCUT2D eigenvalue weighted by molar-refractivity contribution is -0.130. The summed E-state index contributed by atoms with van der Waals surface area (Å²) in [6.07, 6.45) is 6.02. The third kappa shape index (κ3) is 3.84. The van der Waals surface area contributed by atoms with Gasteiger partial charge in [-0.05, 0) is 53.1 Å². The van der Waals surface area contributed by atoms with Crippen molar-refractivity contribution in [2.45, 2.75) is 38.6 Å². The number of carbonyl (C=O) groups is 1. The van der Waals surface area contributed by atoms with Crippen LogP contribution in [0.1, 0.15) is 38.6 Å². The Morgan fingerprint density at radius 3 is 2.80 bits per heavy atom. The molecule has 1 amide bonds. The van der Waals surface area contributed by atoms with Crippen LogP contribution < -0.4 is 4.74 Å². The Morgan fingerprint density at radius 1 is 1.40 bits per heavy atom. The molecule has 1 aromatic carbocycles. The zero-order chi connectivity index (χ0) is 18.1. The summed E-state index contributed by atoms with van der Waals surface area (Å²) in [6.45, 7) is 2.28. The van der Waals surface area contributed by atoms with Gasteiger partial charge in [0.1, 0.15) is 5.75 Å². The lowest BCUT2D eigenvalue weighted by Crippen LogP contribution is -2.30. The Balaban J connectivity index is 1.75. The molecule has 1 fully saturated rings. The number of ether oxygens (including phenoxy) is 1. The van der Waals surface area contributed by atoms with Gasteiger partial charge in [0, 0.05) is 38.2 Å². The smallest absolute Gasteiger partial charge is 0.222 e. The van der Waals surface area contributed by atoms with Crippen molar-refractivity contribution >= 4 is 32.7 Å². The molecule has 1 aromatic heterocycles. The van der Waals surface area contributed by atoms with Crippen LogP contribution in [0.15, 0.2) is 22.8 Å². The molecule has 5 nitrogen and oxygen atoms in total. The first-order chi connectivity index (χ1) is 11.9. The minimum atomic E-state index is 0.234. The van der Waals surface area contributed by atoms with E-state index in [-0.39, 0.29) is 5.91 Å². The number of benzene rings is 1. The van der Waals surface area contributed by atoms with Gasteiger partial charge in [-0.25, -0.2) is 0 Å². The number of methoxy groups -OCH3 is 1. The summed E-state index contributed by atoms with van der Waals surface area (Å²) >= 11 is 3.54. The van der Waals surface area contributed by atoms with E-state index in [9.17, 15) is 4.79 Å². The second kappa shape index (κ2) is 7.36. The van der Waals surface area contributed by atoms with Crippen LogP contribution in [0.2, 0.25) is 0 Å². The van der Waals surface area contributed by atoms with Crippen molar-refractivity contribution in [2.75, 3.05) is 21.2 Å². The van der Waals surface area contributed by atoms with E-state index in [1.165, 1.54) is 0 Å². The summed E-state index contributed by atoms with van der Waals surface area (Å²) in [6, 6.07) is 4.42. The molecule has 0 aliphatic heterocycles. The largest absolute Gasteiger partial charge is 0.495 e. The third-order valence-electron chi connectivity index (χ3n) is 5.33. The van der Waals surface area contributed by atoms with Gasteiger partial charge >= 0.3 is 0 Å². The van der Waals surface area contributed by atoms with Crippen molar-refractivity contribution in [3.8, 4) is 5.75 Å². The van der Waals surface area contributed by atoms with Gasteiger partial charge in [-0.1, -0.05) is 6.92 Å². The van der Waals surface area contributed by atoms with E-state index in [2.05, 4.69) is 39.8 Å². The van der Waals surface area contributed by atoms with Gasteiger partial charge in [-0.2, -0.15) is 5.10 Å². The minimum Gasteiger partial charge on any atom is -0.495 e. The average Bonchev–Trinajstić information content (AvgIpc) is 2.96. The maximum Gasteiger partial charge on any atom is 0.222 e. The Hall–Kier alpha value is -1.56. The molecule has 136 valence electrons. The van der Waals surface area contributed by atoms with Crippen molar-refractivity contribution < 1.29 is 9.53 Å². The fraction of sp³-hybridized carbons (Fsp3) is 0.579. The highest BCUT2D eigenvalue weighted by atomic mass is 79.9. The Labute approximate surface area is 157 Å². The summed E-state index contributed by atoms with van der Waals surface area (Å²) in [5.41, 5.74) is 0.956. The number of amides is 1. The van der Waals surface area contributed by atoms with Crippen LogP contribution in [0.25, 0.3) is 10.9 Å². The first-order valence-corrected chi connectivity index (χ1v) is 9.61. The van der Waals surface area contributed by atoms with Crippen molar-refractivity contribution in [3.05, 3.63) is 22.8 Å². The number of rotatable bonds is 4. The number of nitrogens with zero attached hydrogens (tertiary/aromatic N) is 3. The maximum atomic E-state index is 12.0. The van der Waals surface area contributed by atoms with Gasteiger partial charge < -0.3 is 9.64 Å². The van der Waals surface area contributed by atoms with Crippen molar-refractivity contribution in [1.29, 1.82) is 0 Å². The SMILES string of the molecule is COc1cc2nn(C3CCC(CC(=O)N(C)C)C[C@H]3C)cc2cc1Br. The lowest BCUT2D eigenvalue weighted by Gasteiger charge is -2.34. The molecule has 1 saturated carbocycles. The fourth-order valence-corrected chi connectivity index (χ4v) is 4.39. The van der Waals surface area contributed by atoms with Crippen LogP contribution in [0, 0.1) is 11.8 Å². The van der Waals surface area contributed by atoms with Crippen LogP contribution in [-0.4, -0.2) is 41.8 Å². The topological polar surface area (TPSA) is 47.4 Å². The number of hydrogen-bond acceptors (Lipinski definition) is 3. The summed E-state index contributed by atoms with van der Waals surface area (Å²) in [7, 11) is 5.33. The minimum absolute atomic E-state index is 0.234. The van der Waals surface area contributed by atoms with Gasteiger partial charge in [0.25, 0.3) is 0 Å². The molecule has 3 atom stereocenters. The van der Waals surface area contributed by atoms with Crippen molar-refractivity contribution in [1.82, 2.24) is 14.7 Å². The van der Waals surface area contributed by atoms with E-state index < -0.39 is 0 Å². The number of halogens is 1. The highest BCUT2D eigenvalue weighted by Crippen LogP contribution is 2.39. The molecular formula is C19H26BrN3O2. The summed E-state index contributed by atoms with van der Waals surface area (Å²) in [5, 5.41) is 5.91. The standard InChI is InChI=1S/C19H26BrN3O2/c1-12-7-13(8-19(24)22(2)3)5-6-17(12)23-11-14-9-15(20)18(25-4)10-16(14)21-23/h9-13,17H,5-8H2,1-4H3/t12-,13?,17?/m1/s1. The van der Waals surface area contributed by atoms with E-state index in [0.717, 1.165) is 40.4 Å². The Kier molecular flexibility index (Phi) is 5.37. The molecule has 25 heavy (non-hydrogen) atoms. The van der Waals surface area contributed by atoms with Gasteiger partial charge in [-0.15, -0.1) is 0 Å². The van der Waals surface area contributed by atoms with Crippen LogP contribution in [-0.2, 0) is 4.79 Å². The van der Waals surface area contributed by atoms with Gasteiger partial charge in [0.15, 0.2) is 0 Å².